The monoisotopic (exact) mass is 379 g/mol. The molecule has 1 fully saturated rings. The summed E-state index contributed by atoms with van der Waals surface area (Å²) < 4.78 is 0. The fourth-order valence-corrected chi connectivity index (χ4v) is 3.08. The van der Waals surface area contributed by atoms with Gasteiger partial charge in [-0.2, -0.15) is 0 Å². The first-order valence-electron chi connectivity index (χ1n) is 9.05. The number of piperazine rings is 1. The van der Waals surface area contributed by atoms with Gasteiger partial charge in [0.25, 0.3) is 0 Å². The molecule has 0 spiro atoms. The Morgan fingerprint density at radius 1 is 0.962 bits per heavy atom. The first-order chi connectivity index (χ1) is 11.9. The first kappa shape index (κ1) is 20.6. The number of nitrogens with one attached hydrogen (secondary N) is 1. The van der Waals surface area contributed by atoms with Crippen molar-refractivity contribution in [3.8, 4) is 0 Å². The minimum atomic E-state index is -0.457. The summed E-state index contributed by atoms with van der Waals surface area (Å²) >= 11 is 6.46. The Morgan fingerprint density at radius 3 is 2.00 bits per heavy atom. The maximum atomic E-state index is 12.4. The maximum Gasteiger partial charge on any atom is 0.229 e. The molecule has 2 rings (SSSR count). The van der Waals surface area contributed by atoms with Crippen LogP contribution >= 0.6 is 11.6 Å². The smallest absolute Gasteiger partial charge is 0.229 e. The number of anilines is 2. The molecule has 5 nitrogen and oxygen atoms in total. The molecule has 0 unspecified atom stereocenters. The van der Waals surface area contributed by atoms with Crippen molar-refractivity contribution in [2.45, 2.75) is 41.5 Å². The molecule has 26 heavy (non-hydrogen) atoms. The number of rotatable bonds is 2. The van der Waals surface area contributed by atoms with Crippen molar-refractivity contribution in [1.82, 2.24) is 4.90 Å². The van der Waals surface area contributed by atoms with Gasteiger partial charge in [-0.3, -0.25) is 9.59 Å². The van der Waals surface area contributed by atoms with E-state index in [2.05, 4.69) is 10.2 Å². The highest BCUT2D eigenvalue weighted by Gasteiger charge is 2.30. The first-order valence-corrected chi connectivity index (χ1v) is 9.43. The summed E-state index contributed by atoms with van der Waals surface area (Å²) in [7, 11) is 0. The Labute approximate surface area is 161 Å². The summed E-state index contributed by atoms with van der Waals surface area (Å²) in [5, 5.41) is 3.50. The topological polar surface area (TPSA) is 52.7 Å². The molecule has 0 bridgehead atoms. The van der Waals surface area contributed by atoms with Crippen LogP contribution in [0.1, 0.15) is 41.5 Å². The summed E-state index contributed by atoms with van der Waals surface area (Å²) in [5.41, 5.74) is 0.817. The SMILES string of the molecule is CC(C)(C)C(=O)Nc1ccc(N2CCN(C(=O)C(C)(C)C)CC2)c(Cl)c1. The molecule has 0 aliphatic carbocycles. The van der Waals surface area contributed by atoms with Crippen LogP contribution in [0.2, 0.25) is 5.02 Å². The summed E-state index contributed by atoms with van der Waals surface area (Å²) in [4.78, 5) is 28.6. The Bertz CT molecular complexity index is 681. The second kappa shape index (κ2) is 7.47. The molecule has 1 aromatic rings. The Balaban J connectivity index is 2.03. The number of halogens is 1. The zero-order chi connectivity index (χ0) is 19.7. The Morgan fingerprint density at radius 2 is 1.54 bits per heavy atom. The van der Waals surface area contributed by atoms with Gasteiger partial charge in [-0.25, -0.2) is 0 Å². The van der Waals surface area contributed by atoms with Crippen LogP contribution in [0.5, 0.6) is 0 Å². The van der Waals surface area contributed by atoms with Gasteiger partial charge in [0.15, 0.2) is 0 Å². The standard InChI is InChI=1S/C20H30ClN3O2/c1-19(2,3)17(25)22-14-7-8-16(15(21)13-14)23-9-11-24(12-10-23)18(26)20(4,5)6/h7-8,13H,9-12H2,1-6H3,(H,22,25). The van der Waals surface area contributed by atoms with Crippen molar-refractivity contribution >= 4 is 34.8 Å². The van der Waals surface area contributed by atoms with E-state index in [1.807, 2.05) is 58.6 Å². The number of nitrogens with zero attached hydrogens (tertiary/aromatic N) is 2. The summed E-state index contributed by atoms with van der Waals surface area (Å²) in [6.45, 7) is 14.3. The third kappa shape index (κ3) is 4.91. The third-order valence-electron chi connectivity index (χ3n) is 4.44. The van der Waals surface area contributed by atoms with E-state index in [1.165, 1.54) is 0 Å². The van der Waals surface area contributed by atoms with E-state index in [9.17, 15) is 9.59 Å². The number of carbonyl (C=O) groups is 2. The van der Waals surface area contributed by atoms with Gasteiger partial charge in [0.05, 0.1) is 10.7 Å². The second-order valence-electron chi connectivity index (χ2n) is 8.90. The average molecular weight is 380 g/mol. The van der Waals surface area contributed by atoms with Crippen molar-refractivity contribution in [2.24, 2.45) is 10.8 Å². The fraction of sp³-hybridized carbons (Fsp3) is 0.600. The van der Waals surface area contributed by atoms with Crippen molar-refractivity contribution in [3.05, 3.63) is 23.2 Å². The Hall–Kier alpha value is -1.75. The number of amides is 2. The predicted molar refractivity (Wildman–Crippen MR) is 108 cm³/mol. The van der Waals surface area contributed by atoms with Crippen LogP contribution in [0.25, 0.3) is 0 Å². The van der Waals surface area contributed by atoms with E-state index >= 15 is 0 Å². The zero-order valence-corrected chi connectivity index (χ0v) is 17.4. The fourth-order valence-electron chi connectivity index (χ4n) is 2.78. The van der Waals surface area contributed by atoms with E-state index in [-0.39, 0.29) is 17.2 Å². The van der Waals surface area contributed by atoms with Crippen LogP contribution in [-0.4, -0.2) is 42.9 Å². The second-order valence-corrected chi connectivity index (χ2v) is 9.31. The molecular weight excluding hydrogens is 350 g/mol. The maximum absolute atomic E-state index is 12.4. The summed E-state index contributed by atoms with van der Waals surface area (Å²) in [6, 6.07) is 5.59. The van der Waals surface area contributed by atoms with Gasteiger partial charge >= 0.3 is 0 Å². The number of carbonyl (C=O) groups excluding carboxylic acids is 2. The van der Waals surface area contributed by atoms with Gasteiger partial charge in [0, 0.05) is 42.7 Å². The van der Waals surface area contributed by atoms with E-state index < -0.39 is 5.41 Å². The van der Waals surface area contributed by atoms with Crippen LogP contribution in [-0.2, 0) is 9.59 Å². The molecule has 0 saturated carbocycles. The summed E-state index contributed by atoms with van der Waals surface area (Å²) in [6.07, 6.45) is 0. The number of hydrogen-bond donors (Lipinski definition) is 1. The molecule has 1 aromatic carbocycles. The quantitative estimate of drug-likeness (QED) is 0.844. The summed E-state index contributed by atoms with van der Waals surface area (Å²) in [5.74, 6) is 0.138. The lowest BCUT2D eigenvalue weighted by Gasteiger charge is -2.39. The molecule has 144 valence electrons. The molecule has 0 aromatic heterocycles. The van der Waals surface area contributed by atoms with Crippen LogP contribution in [0, 0.1) is 10.8 Å². The highest BCUT2D eigenvalue weighted by Crippen LogP contribution is 2.31. The molecule has 1 aliphatic heterocycles. The molecule has 2 amide bonds. The molecule has 1 aliphatic rings. The molecule has 6 heteroatoms. The largest absolute Gasteiger partial charge is 0.367 e. The molecule has 1 saturated heterocycles. The van der Waals surface area contributed by atoms with Crippen LogP contribution in [0.15, 0.2) is 18.2 Å². The van der Waals surface area contributed by atoms with E-state index in [4.69, 9.17) is 11.6 Å². The lowest BCUT2D eigenvalue weighted by molar-refractivity contribution is -0.139. The van der Waals surface area contributed by atoms with Crippen molar-refractivity contribution < 1.29 is 9.59 Å². The molecule has 0 radical (unpaired) electrons. The highest BCUT2D eigenvalue weighted by atomic mass is 35.5. The molecular formula is C20H30ClN3O2. The molecule has 1 heterocycles. The van der Waals surface area contributed by atoms with Crippen molar-refractivity contribution in [3.63, 3.8) is 0 Å². The average Bonchev–Trinajstić information content (AvgIpc) is 2.53. The predicted octanol–water partition coefficient (Wildman–Crippen LogP) is 4.02. The van der Waals surface area contributed by atoms with Crippen LogP contribution in [0.4, 0.5) is 11.4 Å². The van der Waals surface area contributed by atoms with Crippen molar-refractivity contribution in [2.75, 3.05) is 36.4 Å². The molecule has 1 N–H and O–H groups in total. The van der Waals surface area contributed by atoms with E-state index in [0.29, 0.717) is 23.8 Å². The van der Waals surface area contributed by atoms with Gasteiger partial charge in [-0.05, 0) is 18.2 Å². The van der Waals surface area contributed by atoms with Gasteiger partial charge in [0.2, 0.25) is 11.8 Å². The van der Waals surface area contributed by atoms with Crippen LogP contribution < -0.4 is 10.2 Å². The van der Waals surface area contributed by atoms with Gasteiger partial charge in [0.1, 0.15) is 0 Å². The van der Waals surface area contributed by atoms with Crippen molar-refractivity contribution in [1.29, 1.82) is 0 Å². The van der Waals surface area contributed by atoms with Crippen LogP contribution in [0.3, 0.4) is 0 Å². The highest BCUT2D eigenvalue weighted by molar-refractivity contribution is 6.33. The number of hydrogen-bond acceptors (Lipinski definition) is 3. The minimum Gasteiger partial charge on any atom is -0.367 e. The lowest BCUT2D eigenvalue weighted by atomic mass is 9.94. The zero-order valence-electron chi connectivity index (χ0n) is 16.6. The number of benzene rings is 1. The normalized spacial score (nSPS) is 15.8. The van der Waals surface area contributed by atoms with Gasteiger partial charge in [-0.1, -0.05) is 53.1 Å². The minimum absolute atomic E-state index is 0.0457. The van der Waals surface area contributed by atoms with Gasteiger partial charge < -0.3 is 15.1 Å². The van der Waals surface area contributed by atoms with Gasteiger partial charge in [-0.15, -0.1) is 0 Å². The lowest BCUT2D eigenvalue weighted by Crippen LogP contribution is -2.51. The third-order valence-corrected chi connectivity index (χ3v) is 4.74. The Kier molecular flexibility index (Phi) is 5.91. The van der Waals surface area contributed by atoms with E-state index in [0.717, 1.165) is 18.8 Å². The van der Waals surface area contributed by atoms with E-state index in [1.54, 1.807) is 6.07 Å². The molecule has 0 atom stereocenters.